The molecule has 3 heteroatoms. The molecule has 0 bridgehead atoms. The van der Waals surface area contributed by atoms with Crippen LogP contribution in [-0.4, -0.2) is 5.11 Å². The summed E-state index contributed by atoms with van der Waals surface area (Å²) in [5.74, 6) is -0.338. The van der Waals surface area contributed by atoms with E-state index in [4.69, 9.17) is 10.8 Å². The molecule has 2 aromatic carbocycles. The third kappa shape index (κ3) is 1.28. The van der Waals surface area contributed by atoms with Crippen LogP contribution in [0.4, 0.5) is 10.1 Å². The number of benzene rings is 2. The first-order valence-corrected chi connectivity index (χ1v) is 3.84. The largest absolute Gasteiger partial charge is 0.508 e. The van der Waals surface area contributed by atoms with Crippen molar-refractivity contribution in [3.63, 3.8) is 0 Å². The Kier molecular flexibility index (Phi) is 1.59. The first kappa shape index (κ1) is 7.86. The van der Waals surface area contributed by atoms with Crippen LogP contribution in [0.15, 0.2) is 30.3 Å². The van der Waals surface area contributed by atoms with Gasteiger partial charge in [0.2, 0.25) is 0 Å². The maximum Gasteiger partial charge on any atom is 0.146 e. The van der Waals surface area contributed by atoms with Crippen LogP contribution in [0.3, 0.4) is 0 Å². The third-order valence-electron chi connectivity index (χ3n) is 1.94. The highest BCUT2D eigenvalue weighted by Gasteiger charge is 2.01. The molecule has 0 amide bonds. The summed E-state index contributed by atoms with van der Waals surface area (Å²) >= 11 is 0. The van der Waals surface area contributed by atoms with Crippen molar-refractivity contribution in [2.45, 2.75) is 0 Å². The second-order valence-electron chi connectivity index (χ2n) is 2.91. The van der Waals surface area contributed by atoms with Crippen molar-refractivity contribution in [2.24, 2.45) is 0 Å². The minimum Gasteiger partial charge on any atom is -0.508 e. The summed E-state index contributed by atoms with van der Waals surface area (Å²) in [7, 11) is 0. The van der Waals surface area contributed by atoms with Gasteiger partial charge >= 0.3 is 0 Å². The van der Waals surface area contributed by atoms with Gasteiger partial charge in [0, 0.05) is 0 Å². The Morgan fingerprint density at radius 3 is 2.62 bits per heavy atom. The lowest BCUT2D eigenvalue weighted by atomic mass is 10.1. The number of phenols is 1. The molecule has 0 saturated heterocycles. The predicted molar refractivity (Wildman–Crippen MR) is 50.0 cm³/mol. The van der Waals surface area contributed by atoms with Crippen molar-refractivity contribution in [2.75, 3.05) is 5.73 Å². The van der Waals surface area contributed by atoms with Gasteiger partial charge in [-0.15, -0.1) is 0 Å². The van der Waals surface area contributed by atoms with Gasteiger partial charge in [-0.25, -0.2) is 4.39 Å². The van der Waals surface area contributed by atoms with Crippen LogP contribution in [0.25, 0.3) is 10.8 Å². The van der Waals surface area contributed by atoms with Gasteiger partial charge in [-0.1, -0.05) is 6.07 Å². The Hall–Kier alpha value is -1.77. The van der Waals surface area contributed by atoms with Crippen molar-refractivity contribution >= 4 is 16.5 Å². The SMILES string of the molecule is Nc1cc2ccc(O)cc2cc1F. The van der Waals surface area contributed by atoms with E-state index in [0.717, 1.165) is 5.39 Å². The molecule has 0 spiro atoms. The molecule has 2 aromatic rings. The van der Waals surface area contributed by atoms with Crippen molar-refractivity contribution in [3.05, 3.63) is 36.1 Å². The summed E-state index contributed by atoms with van der Waals surface area (Å²) in [5.41, 5.74) is 5.51. The van der Waals surface area contributed by atoms with E-state index in [9.17, 15) is 4.39 Å². The number of aromatic hydroxyl groups is 1. The fraction of sp³-hybridized carbons (Fsp3) is 0. The topological polar surface area (TPSA) is 46.2 Å². The molecule has 0 fully saturated rings. The molecule has 0 aliphatic carbocycles. The summed E-state index contributed by atoms with van der Waals surface area (Å²) in [6.07, 6.45) is 0. The molecule has 2 rings (SSSR count). The fourth-order valence-corrected chi connectivity index (χ4v) is 1.27. The van der Waals surface area contributed by atoms with Crippen molar-refractivity contribution in [1.29, 1.82) is 0 Å². The highest BCUT2D eigenvalue weighted by Crippen LogP contribution is 2.23. The third-order valence-corrected chi connectivity index (χ3v) is 1.94. The van der Waals surface area contributed by atoms with Gasteiger partial charge in [-0.2, -0.15) is 0 Å². The molecule has 0 aliphatic heterocycles. The first-order valence-electron chi connectivity index (χ1n) is 3.84. The predicted octanol–water partition coefficient (Wildman–Crippen LogP) is 2.27. The second kappa shape index (κ2) is 2.62. The standard InChI is InChI=1S/C10H8FNO/c11-9-4-7-3-8(13)2-1-6(7)5-10(9)12/h1-5,13H,12H2. The monoisotopic (exact) mass is 177 g/mol. The van der Waals surface area contributed by atoms with E-state index in [1.54, 1.807) is 18.2 Å². The Morgan fingerprint density at radius 1 is 1.08 bits per heavy atom. The van der Waals surface area contributed by atoms with Gasteiger partial charge in [0.1, 0.15) is 11.6 Å². The Balaban J connectivity index is 2.81. The average molecular weight is 177 g/mol. The Morgan fingerprint density at radius 2 is 1.85 bits per heavy atom. The number of halogens is 1. The molecule has 0 aromatic heterocycles. The Bertz CT molecular complexity index is 468. The maximum absolute atomic E-state index is 13.0. The normalized spacial score (nSPS) is 10.5. The summed E-state index contributed by atoms with van der Waals surface area (Å²) in [4.78, 5) is 0. The number of hydrogen-bond donors (Lipinski definition) is 2. The molecule has 13 heavy (non-hydrogen) atoms. The fourth-order valence-electron chi connectivity index (χ4n) is 1.27. The first-order chi connectivity index (χ1) is 6.16. The van der Waals surface area contributed by atoms with Crippen LogP contribution in [0, 0.1) is 5.82 Å². The molecular weight excluding hydrogens is 169 g/mol. The van der Waals surface area contributed by atoms with Crippen molar-refractivity contribution < 1.29 is 9.50 Å². The smallest absolute Gasteiger partial charge is 0.146 e. The second-order valence-corrected chi connectivity index (χ2v) is 2.91. The number of nitrogen functional groups attached to an aromatic ring is 1. The number of hydrogen-bond acceptors (Lipinski definition) is 2. The molecule has 0 radical (unpaired) electrons. The van der Waals surface area contributed by atoms with Crippen LogP contribution in [0.5, 0.6) is 5.75 Å². The minimum atomic E-state index is -0.460. The number of rotatable bonds is 0. The van der Waals surface area contributed by atoms with Gasteiger partial charge < -0.3 is 10.8 Å². The van der Waals surface area contributed by atoms with Crippen LogP contribution in [0.2, 0.25) is 0 Å². The summed E-state index contributed by atoms with van der Waals surface area (Å²) in [6, 6.07) is 7.59. The van der Waals surface area contributed by atoms with Gasteiger partial charge in [0.25, 0.3) is 0 Å². The zero-order valence-electron chi connectivity index (χ0n) is 6.79. The molecule has 0 aliphatic rings. The zero-order chi connectivity index (χ0) is 9.42. The molecule has 3 N–H and O–H groups in total. The number of nitrogens with two attached hydrogens (primary N) is 1. The molecular formula is C10H8FNO. The molecule has 2 nitrogen and oxygen atoms in total. The van der Waals surface area contributed by atoms with E-state index in [-0.39, 0.29) is 11.4 Å². The zero-order valence-corrected chi connectivity index (χ0v) is 6.79. The molecule has 0 saturated carbocycles. The van der Waals surface area contributed by atoms with Crippen LogP contribution in [0.1, 0.15) is 0 Å². The quantitative estimate of drug-likeness (QED) is 0.606. The van der Waals surface area contributed by atoms with E-state index in [0.29, 0.717) is 5.39 Å². The van der Waals surface area contributed by atoms with Crippen molar-refractivity contribution in [3.8, 4) is 5.75 Å². The molecule has 0 heterocycles. The van der Waals surface area contributed by atoms with Gasteiger partial charge in [0.15, 0.2) is 0 Å². The minimum absolute atomic E-state index is 0.122. The average Bonchev–Trinajstić information content (AvgIpc) is 2.08. The summed E-state index contributed by atoms with van der Waals surface area (Å²) in [5, 5.41) is 10.6. The van der Waals surface area contributed by atoms with Gasteiger partial charge in [-0.05, 0) is 35.0 Å². The lowest BCUT2D eigenvalue weighted by Gasteiger charge is -2.01. The molecule has 0 unspecified atom stereocenters. The molecule has 66 valence electrons. The molecule has 0 atom stereocenters. The number of fused-ring (bicyclic) bond motifs is 1. The van der Waals surface area contributed by atoms with Crippen LogP contribution < -0.4 is 5.73 Å². The van der Waals surface area contributed by atoms with Gasteiger partial charge in [-0.3, -0.25) is 0 Å². The number of phenolic OH excluding ortho intramolecular Hbond substituents is 1. The van der Waals surface area contributed by atoms with E-state index >= 15 is 0 Å². The van der Waals surface area contributed by atoms with Crippen molar-refractivity contribution in [1.82, 2.24) is 0 Å². The van der Waals surface area contributed by atoms with E-state index in [2.05, 4.69) is 0 Å². The van der Waals surface area contributed by atoms with Crippen LogP contribution in [-0.2, 0) is 0 Å². The van der Waals surface area contributed by atoms with E-state index < -0.39 is 5.82 Å². The summed E-state index contributed by atoms with van der Waals surface area (Å²) < 4.78 is 13.0. The highest BCUT2D eigenvalue weighted by molar-refractivity contribution is 5.86. The Labute approximate surface area is 74.4 Å². The van der Waals surface area contributed by atoms with Gasteiger partial charge in [0.05, 0.1) is 5.69 Å². The van der Waals surface area contributed by atoms with E-state index in [1.807, 2.05) is 0 Å². The summed E-state index contributed by atoms with van der Waals surface area (Å²) in [6.45, 7) is 0. The lowest BCUT2D eigenvalue weighted by Crippen LogP contribution is -1.89. The maximum atomic E-state index is 13.0. The highest BCUT2D eigenvalue weighted by atomic mass is 19.1. The number of anilines is 1. The lowest BCUT2D eigenvalue weighted by molar-refractivity contribution is 0.476. The van der Waals surface area contributed by atoms with Crippen LogP contribution >= 0.6 is 0 Å². The van der Waals surface area contributed by atoms with E-state index in [1.165, 1.54) is 12.1 Å².